The first-order valence-corrected chi connectivity index (χ1v) is 17.9. The van der Waals surface area contributed by atoms with Gasteiger partial charge in [0.15, 0.2) is 18.9 Å². The molecule has 3 aliphatic heterocycles. The highest BCUT2D eigenvalue weighted by Crippen LogP contribution is 2.33. The lowest BCUT2D eigenvalue weighted by Gasteiger charge is -2.48. The number of aliphatic hydroxyl groups excluding tert-OH is 10. The summed E-state index contributed by atoms with van der Waals surface area (Å²) < 4.78 is 56.1. The average Bonchev–Trinajstić information content (AvgIpc) is 3.14. The van der Waals surface area contributed by atoms with Crippen molar-refractivity contribution in [3.8, 4) is 0 Å². The van der Waals surface area contributed by atoms with E-state index in [0.717, 1.165) is 6.42 Å². The molecule has 0 aliphatic carbocycles. The molecular weight excluding hydrogens is 704 g/mol. The Morgan fingerprint density at radius 2 is 0.923 bits per heavy atom. The fraction of sp³-hybridized carbons (Fsp3) is 1.00. The van der Waals surface area contributed by atoms with Gasteiger partial charge in [-0.2, -0.15) is 0 Å². The van der Waals surface area contributed by atoms with Crippen LogP contribution in [0, 0.1) is 0 Å². The second-order valence-corrected chi connectivity index (χ2v) is 12.0. The highest BCUT2D eigenvalue weighted by molar-refractivity contribution is 4.97. The molecule has 0 amide bonds. The number of aliphatic hydroxyl groups is 10. The third kappa shape index (κ3) is 14.0. The molecule has 0 spiro atoms. The predicted molar refractivity (Wildman–Crippen MR) is 175 cm³/mol. The summed E-state index contributed by atoms with van der Waals surface area (Å²) in [5, 5.41) is 103. The lowest BCUT2D eigenvalue weighted by molar-refractivity contribution is -0.380. The quantitative estimate of drug-likeness (QED) is 0.0437. The van der Waals surface area contributed by atoms with E-state index in [0.29, 0.717) is 6.42 Å². The monoisotopic (exact) mass is 766 g/mol. The Kier molecular flexibility index (Phi) is 23.8. The molecule has 0 saturated carbocycles. The lowest BCUT2D eigenvalue weighted by atomic mass is 9.96. The fourth-order valence-corrected chi connectivity index (χ4v) is 5.57. The van der Waals surface area contributed by atoms with Gasteiger partial charge >= 0.3 is 0 Å². The van der Waals surface area contributed by atoms with Crippen molar-refractivity contribution in [3.05, 3.63) is 0 Å². The summed E-state index contributed by atoms with van der Waals surface area (Å²) in [6.45, 7) is 4.44. The molecule has 10 N–H and O–H groups in total. The Bertz CT molecular complexity index is 893. The number of unbranched alkanes of at least 4 members (excludes halogenated alkanes) is 1. The molecule has 310 valence electrons. The minimum Gasteiger partial charge on any atom is -0.394 e. The molecule has 3 fully saturated rings. The third-order valence-corrected chi connectivity index (χ3v) is 8.26. The van der Waals surface area contributed by atoms with Gasteiger partial charge in [-0.25, -0.2) is 0 Å². The summed E-state index contributed by atoms with van der Waals surface area (Å²) in [4.78, 5) is 0. The molecule has 20 nitrogen and oxygen atoms in total. The van der Waals surface area contributed by atoms with Crippen LogP contribution in [0.3, 0.4) is 0 Å². The van der Waals surface area contributed by atoms with Gasteiger partial charge in [-0.1, -0.05) is 27.2 Å². The Morgan fingerprint density at radius 1 is 0.462 bits per heavy atom. The first kappa shape index (κ1) is 47.4. The van der Waals surface area contributed by atoms with Crippen LogP contribution in [0.25, 0.3) is 0 Å². The van der Waals surface area contributed by atoms with E-state index in [1.807, 2.05) is 20.8 Å². The van der Waals surface area contributed by atoms with Crippen LogP contribution in [-0.4, -0.2) is 222 Å². The van der Waals surface area contributed by atoms with E-state index >= 15 is 0 Å². The molecule has 3 saturated heterocycles. The molecule has 3 rings (SSSR count). The van der Waals surface area contributed by atoms with Gasteiger partial charge in [-0.05, 0) is 6.42 Å². The second kappa shape index (κ2) is 26.1. The summed E-state index contributed by atoms with van der Waals surface area (Å²) in [6.07, 6.45) is -21.7. The van der Waals surface area contributed by atoms with Crippen molar-refractivity contribution in [2.24, 2.45) is 0 Å². The zero-order chi connectivity index (χ0) is 38.6. The van der Waals surface area contributed by atoms with Crippen molar-refractivity contribution < 1.29 is 98.4 Å². The molecule has 0 aromatic carbocycles. The first-order valence-electron chi connectivity index (χ1n) is 17.9. The van der Waals surface area contributed by atoms with Gasteiger partial charge in [0.05, 0.1) is 72.7 Å². The fourth-order valence-electron chi connectivity index (χ4n) is 5.57. The minimum atomic E-state index is -1.87. The molecule has 20 heteroatoms. The Labute approximate surface area is 303 Å². The largest absolute Gasteiger partial charge is 0.394 e. The number of hydrogen-bond acceptors (Lipinski definition) is 20. The van der Waals surface area contributed by atoms with Crippen molar-refractivity contribution in [1.29, 1.82) is 0 Å². The molecule has 0 aromatic rings. The topological polar surface area (TPSA) is 295 Å². The molecule has 0 bridgehead atoms. The van der Waals surface area contributed by atoms with Gasteiger partial charge in [0.1, 0.15) is 73.2 Å². The lowest BCUT2D eigenvalue weighted by Crippen LogP contribution is -2.67. The van der Waals surface area contributed by atoms with E-state index in [-0.39, 0.29) is 79.3 Å². The van der Waals surface area contributed by atoms with Gasteiger partial charge in [-0.15, -0.1) is 0 Å². The Hall–Kier alpha value is -0.800. The van der Waals surface area contributed by atoms with Gasteiger partial charge < -0.3 is 98.4 Å². The van der Waals surface area contributed by atoms with Crippen LogP contribution >= 0.6 is 0 Å². The SMILES string of the molecule is CC.CCCCOC1C(O)OC(COCCO)C(OC2OC(COCCO)C(OC3OC(COCCOCCO)C(O)C(O)C3O)C(O)C2O)C1O. The average molecular weight is 767 g/mol. The van der Waals surface area contributed by atoms with Crippen molar-refractivity contribution >= 4 is 0 Å². The zero-order valence-electron chi connectivity index (χ0n) is 30.1. The molecular formula is C32H62O20. The van der Waals surface area contributed by atoms with Crippen LogP contribution in [0.4, 0.5) is 0 Å². The molecule has 0 radical (unpaired) electrons. The first-order chi connectivity index (χ1) is 25.1. The van der Waals surface area contributed by atoms with E-state index < -0.39 is 92.1 Å². The second-order valence-electron chi connectivity index (χ2n) is 12.0. The molecule has 15 atom stereocenters. The van der Waals surface area contributed by atoms with Crippen molar-refractivity contribution in [2.45, 2.75) is 126 Å². The Morgan fingerprint density at radius 3 is 1.50 bits per heavy atom. The van der Waals surface area contributed by atoms with E-state index in [1.54, 1.807) is 0 Å². The number of hydrogen-bond donors (Lipinski definition) is 10. The molecule has 3 aliphatic rings. The minimum absolute atomic E-state index is 0.0590. The van der Waals surface area contributed by atoms with Crippen LogP contribution in [0.5, 0.6) is 0 Å². The third-order valence-electron chi connectivity index (χ3n) is 8.26. The van der Waals surface area contributed by atoms with Crippen molar-refractivity contribution in [1.82, 2.24) is 0 Å². The van der Waals surface area contributed by atoms with Crippen molar-refractivity contribution in [2.75, 3.05) is 79.3 Å². The Balaban J connectivity index is 0.00000460. The van der Waals surface area contributed by atoms with Crippen LogP contribution in [0.1, 0.15) is 33.6 Å². The van der Waals surface area contributed by atoms with Crippen LogP contribution < -0.4 is 0 Å². The van der Waals surface area contributed by atoms with E-state index in [1.165, 1.54) is 0 Å². The summed E-state index contributed by atoms with van der Waals surface area (Å²) in [7, 11) is 0. The molecule has 52 heavy (non-hydrogen) atoms. The normalized spacial score (nSPS) is 38.1. The van der Waals surface area contributed by atoms with E-state index in [9.17, 15) is 40.9 Å². The molecule has 0 aromatic heterocycles. The van der Waals surface area contributed by atoms with Crippen LogP contribution in [0.2, 0.25) is 0 Å². The van der Waals surface area contributed by atoms with Gasteiger partial charge in [0.2, 0.25) is 0 Å². The summed E-state index contributed by atoms with van der Waals surface area (Å²) in [5.41, 5.74) is 0. The van der Waals surface area contributed by atoms with Gasteiger partial charge in [0.25, 0.3) is 0 Å². The zero-order valence-corrected chi connectivity index (χ0v) is 30.1. The van der Waals surface area contributed by atoms with Crippen LogP contribution in [-0.2, 0) is 47.4 Å². The molecule has 15 unspecified atom stereocenters. The maximum atomic E-state index is 11.3. The van der Waals surface area contributed by atoms with Crippen LogP contribution in [0.15, 0.2) is 0 Å². The maximum absolute atomic E-state index is 11.3. The highest BCUT2D eigenvalue weighted by Gasteiger charge is 2.54. The molecule has 3 heterocycles. The van der Waals surface area contributed by atoms with Gasteiger partial charge in [-0.3, -0.25) is 0 Å². The van der Waals surface area contributed by atoms with Crippen molar-refractivity contribution in [3.63, 3.8) is 0 Å². The predicted octanol–water partition coefficient (Wildman–Crippen LogP) is -4.66. The summed E-state index contributed by atoms with van der Waals surface area (Å²) >= 11 is 0. The maximum Gasteiger partial charge on any atom is 0.187 e. The summed E-state index contributed by atoms with van der Waals surface area (Å²) in [5.74, 6) is 0. The van der Waals surface area contributed by atoms with E-state index in [2.05, 4.69) is 0 Å². The number of rotatable bonds is 23. The highest BCUT2D eigenvalue weighted by atomic mass is 16.8. The van der Waals surface area contributed by atoms with Gasteiger partial charge in [0, 0.05) is 6.61 Å². The number of ether oxygens (including phenoxy) is 10. The summed E-state index contributed by atoms with van der Waals surface area (Å²) in [6, 6.07) is 0. The smallest absolute Gasteiger partial charge is 0.187 e. The standard InChI is InChI=1S/C30H56O20.C2H6/c1-2-3-7-45-27-24(39)26(17(46-28(27)40)14-42-9-5-32)50-30-23(38)21(36)25(18(48-30)15-43-10-6-33)49-29-22(37)20(35)19(34)16(47-29)13-44-12-11-41-8-4-31;1-2/h16-40H,2-15H2,1H3;1-2H3. The van der Waals surface area contributed by atoms with E-state index in [4.69, 9.17) is 57.6 Å².